The second-order valence-corrected chi connectivity index (χ2v) is 4.75. The van der Waals surface area contributed by atoms with Gasteiger partial charge in [0.05, 0.1) is 11.8 Å². The predicted octanol–water partition coefficient (Wildman–Crippen LogP) is 3.31. The molecule has 1 unspecified atom stereocenters. The highest BCUT2D eigenvalue weighted by Crippen LogP contribution is 2.20. The largest absolute Gasteiger partial charge is 0.324 e. The van der Waals surface area contributed by atoms with Crippen molar-refractivity contribution in [2.24, 2.45) is 5.92 Å². The summed E-state index contributed by atoms with van der Waals surface area (Å²) in [5, 5.41) is 11.5. The molecule has 0 bridgehead atoms. The predicted molar refractivity (Wildman–Crippen MR) is 71.8 cm³/mol. The minimum Gasteiger partial charge on any atom is -0.324 e. The van der Waals surface area contributed by atoms with E-state index in [9.17, 15) is 9.18 Å². The van der Waals surface area contributed by atoms with E-state index in [0.29, 0.717) is 15.7 Å². The zero-order valence-electron chi connectivity index (χ0n) is 9.34. The number of nitriles is 1. The number of carbonyl (C=O) groups is 1. The Bertz CT molecular complexity index is 456. The molecule has 0 aliphatic carbocycles. The number of carbonyl (C=O) groups excluding carboxylic acids is 1. The van der Waals surface area contributed by atoms with Crippen LogP contribution in [0, 0.1) is 26.6 Å². The van der Waals surface area contributed by atoms with Gasteiger partial charge in [0.15, 0.2) is 0 Å². The van der Waals surface area contributed by atoms with Crippen molar-refractivity contribution in [3.63, 3.8) is 0 Å². The second-order valence-electron chi connectivity index (χ2n) is 3.58. The van der Waals surface area contributed by atoms with Crippen molar-refractivity contribution in [1.82, 2.24) is 0 Å². The van der Waals surface area contributed by atoms with Gasteiger partial charge in [0, 0.05) is 3.57 Å². The summed E-state index contributed by atoms with van der Waals surface area (Å²) < 4.78 is 13.5. The third kappa shape index (κ3) is 3.97. The first-order valence-corrected chi connectivity index (χ1v) is 6.32. The summed E-state index contributed by atoms with van der Waals surface area (Å²) in [6.07, 6.45) is 1.30. The Hall–Kier alpha value is -1.16. The molecule has 0 saturated heterocycles. The summed E-state index contributed by atoms with van der Waals surface area (Å²) in [5.74, 6) is -1.34. The van der Waals surface area contributed by atoms with Crippen molar-refractivity contribution in [2.75, 3.05) is 5.32 Å². The minimum atomic E-state index is -0.652. The second kappa shape index (κ2) is 6.55. The minimum absolute atomic E-state index is 0.334. The highest BCUT2D eigenvalue weighted by Gasteiger charge is 2.17. The molecule has 0 aromatic heterocycles. The van der Waals surface area contributed by atoms with Crippen LogP contribution in [0.15, 0.2) is 18.2 Å². The van der Waals surface area contributed by atoms with E-state index in [-0.39, 0.29) is 11.7 Å². The molecule has 0 radical (unpaired) electrons. The van der Waals surface area contributed by atoms with Gasteiger partial charge in [-0.1, -0.05) is 13.3 Å². The van der Waals surface area contributed by atoms with Crippen molar-refractivity contribution < 1.29 is 9.18 Å². The molecule has 1 atom stereocenters. The van der Waals surface area contributed by atoms with Gasteiger partial charge < -0.3 is 5.32 Å². The van der Waals surface area contributed by atoms with E-state index in [1.54, 1.807) is 0 Å². The van der Waals surface area contributed by atoms with Gasteiger partial charge in [-0.25, -0.2) is 4.39 Å². The van der Waals surface area contributed by atoms with Crippen LogP contribution in [0.2, 0.25) is 0 Å². The zero-order chi connectivity index (χ0) is 12.8. The standard InChI is InChI=1S/C12H12FIN2O/c1-2-3-8(7-15)12(17)16-11-5-4-9(13)6-10(11)14/h4-6,8H,2-3H2,1H3,(H,16,17). The first-order valence-electron chi connectivity index (χ1n) is 5.24. The van der Waals surface area contributed by atoms with Gasteiger partial charge in [0.25, 0.3) is 0 Å². The topological polar surface area (TPSA) is 52.9 Å². The molecule has 0 aliphatic heterocycles. The molecule has 1 aromatic rings. The molecule has 1 rings (SSSR count). The monoisotopic (exact) mass is 346 g/mol. The molecule has 5 heteroatoms. The summed E-state index contributed by atoms with van der Waals surface area (Å²) in [7, 11) is 0. The lowest BCUT2D eigenvalue weighted by atomic mass is 10.0. The maximum Gasteiger partial charge on any atom is 0.241 e. The Morgan fingerprint density at radius 2 is 2.35 bits per heavy atom. The molecule has 1 aromatic carbocycles. The molecule has 90 valence electrons. The number of halogens is 2. The van der Waals surface area contributed by atoms with Gasteiger partial charge in [0.2, 0.25) is 5.91 Å². The summed E-state index contributed by atoms with van der Waals surface area (Å²) in [6.45, 7) is 1.92. The van der Waals surface area contributed by atoms with Crippen LogP contribution in [-0.2, 0) is 4.79 Å². The Balaban J connectivity index is 2.77. The Labute approximate surface area is 113 Å². The number of amides is 1. The van der Waals surface area contributed by atoms with Gasteiger partial charge in [-0.3, -0.25) is 4.79 Å². The van der Waals surface area contributed by atoms with E-state index < -0.39 is 5.92 Å². The van der Waals surface area contributed by atoms with E-state index in [4.69, 9.17) is 5.26 Å². The molecule has 0 aliphatic rings. The number of nitrogens with one attached hydrogen (secondary N) is 1. The molecule has 0 spiro atoms. The lowest BCUT2D eigenvalue weighted by Crippen LogP contribution is -2.21. The Morgan fingerprint density at radius 1 is 1.65 bits per heavy atom. The quantitative estimate of drug-likeness (QED) is 0.851. The number of nitrogens with zero attached hydrogens (tertiary/aromatic N) is 1. The van der Waals surface area contributed by atoms with Crippen LogP contribution in [-0.4, -0.2) is 5.91 Å². The average molecular weight is 346 g/mol. The van der Waals surface area contributed by atoms with Crippen LogP contribution < -0.4 is 5.32 Å². The first kappa shape index (κ1) is 13.9. The average Bonchev–Trinajstić information content (AvgIpc) is 2.29. The lowest BCUT2D eigenvalue weighted by Gasteiger charge is -2.10. The third-order valence-electron chi connectivity index (χ3n) is 2.24. The smallest absolute Gasteiger partial charge is 0.241 e. The van der Waals surface area contributed by atoms with Crippen LogP contribution in [0.25, 0.3) is 0 Å². The van der Waals surface area contributed by atoms with Crippen molar-refractivity contribution in [3.8, 4) is 6.07 Å². The van der Waals surface area contributed by atoms with Crippen molar-refractivity contribution >= 4 is 34.2 Å². The van der Waals surface area contributed by atoms with Gasteiger partial charge in [0.1, 0.15) is 11.7 Å². The molecule has 0 saturated carbocycles. The molecular formula is C12H12FIN2O. The third-order valence-corrected chi connectivity index (χ3v) is 3.13. The van der Waals surface area contributed by atoms with E-state index in [0.717, 1.165) is 6.42 Å². The Kier molecular flexibility index (Phi) is 5.35. The number of benzene rings is 1. The van der Waals surface area contributed by atoms with Crippen LogP contribution in [0.5, 0.6) is 0 Å². The zero-order valence-corrected chi connectivity index (χ0v) is 11.5. The summed E-state index contributed by atoms with van der Waals surface area (Å²) in [5.41, 5.74) is 0.536. The molecule has 1 N–H and O–H groups in total. The molecule has 0 fully saturated rings. The summed E-state index contributed by atoms with van der Waals surface area (Å²) in [4.78, 5) is 11.7. The fraction of sp³-hybridized carbons (Fsp3) is 0.333. The number of hydrogen-bond donors (Lipinski definition) is 1. The normalized spacial score (nSPS) is 11.6. The number of anilines is 1. The number of hydrogen-bond acceptors (Lipinski definition) is 2. The van der Waals surface area contributed by atoms with E-state index in [1.165, 1.54) is 18.2 Å². The first-order chi connectivity index (χ1) is 8.08. The SMILES string of the molecule is CCCC(C#N)C(=O)Nc1ccc(F)cc1I. The summed E-state index contributed by atoms with van der Waals surface area (Å²) in [6, 6.07) is 6.07. The van der Waals surface area contributed by atoms with E-state index in [2.05, 4.69) is 5.32 Å². The fourth-order valence-corrected chi connectivity index (χ4v) is 1.97. The van der Waals surface area contributed by atoms with Crippen LogP contribution in [0.4, 0.5) is 10.1 Å². The highest BCUT2D eigenvalue weighted by molar-refractivity contribution is 14.1. The molecule has 17 heavy (non-hydrogen) atoms. The van der Waals surface area contributed by atoms with Crippen molar-refractivity contribution in [2.45, 2.75) is 19.8 Å². The summed E-state index contributed by atoms with van der Waals surface area (Å²) >= 11 is 1.94. The molecule has 3 nitrogen and oxygen atoms in total. The lowest BCUT2D eigenvalue weighted by molar-refractivity contribution is -0.118. The van der Waals surface area contributed by atoms with Gasteiger partial charge in [-0.05, 0) is 47.2 Å². The molecular weight excluding hydrogens is 334 g/mol. The Morgan fingerprint density at radius 3 is 2.88 bits per heavy atom. The molecule has 0 heterocycles. The maximum absolute atomic E-state index is 12.9. The van der Waals surface area contributed by atoms with Crippen LogP contribution in [0.1, 0.15) is 19.8 Å². The highest BCUT2D eigenvalue weighted by atomic mass is 127. The van der Waals surface area contributed by atoms with E-state index >= 15 is 0 Å². The van der Waals surface area contributed by atoms with Crippen molar-refractivity contribution in [1.29, 1.82) is 5.26 Å². The van der Waals surface area contributed by atoms with Gasteiger partial charge in [-0.2, -0.15) is 5.26 Å². The fourth-order valence-electron chi connectivity index (χ4n) is 1.35. The number of rotatable bonds is 4. The maximum atomic E-state index is 12.9. The van der Waals surface area contributed by atoms with Crippen LogP contribution in [0.3, 0.4) is 0 Å². The van der Waals surface area contributed by atoms with Gasteiger partial charge in [-0.15, -0.1) is 0 Å². The van der Waals surface area contributed by atoms with Crippen LogP contribution >= 0.6 is 22.6 Å². The van der Waals surface area contributed by atoms with Gasteiger partial charge >= 0.3 is 0 Å². The van der Waals surface area contributed by atoms with E-state index in [1.807, 2.05) is 35.6 Å². The molecule has 1 amide bonds. The van der Waals surface area contributed by atoms with Crippen molar-refractivity contribution in [3.05, 3.63) is 27.6 Å².